The highest BCUT2D eigenvalue weighted by molar-refractivity contribution is 7.89. The van der Waals surface area contributed by atoms with Gasteiger partial charge < -0.3 is 5.73 Å². The van der Waals surface area contributed by atoms with Crippen LogP contribution in [0.4, 0.5) is 5.69 Å². The fourth-order valence-electron chi connectivity index (χ4n) is 3.49. The molecule has 2 aliphatic rings. The van der Waals surface area contributed by atoms with Crippen molar-refractivity contribution in [3.05, 3.63) is 23.8 Å². The first-order chi connectivity index (χ1) is 9.98. The zero-order valence-electron chi connectivity index (χ0n) is 12.5. The average molecular weight is 309 g/mol. The topological polar surface area (TPSA) is 66.6 Å². The summed E-state index contributed by atoms with van der Waals surface area (Å²) in [6, 6.07) is 5.42. The Balaban J connectivity index is 1.90. The van der Waals surface area contributed by atoms with Crippen molar-refractivity contribution in [2.75, 3.05) is 31.9 Å². The minimum absolute atomic E-state index is 0.386. The van der Waals surface area contributed by atoms with Gasteiger partial charge in [0.2, 0.25) is 10.0 Å². The van der Waals surface area contributed by atoms with Crippen molar-refractivity contribution >= 4 is 15.7 Å². The number of nitrogens with zero attached hydrogens (tertiary/aromatic N) is 2. The highest BCUT2D eigenvalue weighted by Gasteiger charge is 2.34. The van der Waals surface area contributed by atoms with E-state index < -0.39 is 10.0 Å². The number of anilines is 1. The van der Waals surface area contributed by atoms with Crippen LogP contribution in [0.5, 0.6) is 0 Å². The smallest absolute Gasteiger partial charge is 0.243 e. The number of fused-ring (bicyclic) bond motifs is 1. The Morgan fingerprint density at radius 3 is 2.71 bits per heavy atom. The van der Waals surface area contributed by atoms with Crippen molar-refractivity contribution in [2.45, 2.75) is 37.1 Å². The van der Waals surface area contributed by atoms with Crippen LogP contribution in [0, 0.1) is 6.92 Å². The van der Waals surface area contributed by atoms with Gasteiger partial charge in [-0.3, -0.25) is 4.90 Å². The molecule has 2 fully saturated rings. The minimum atomic E-state index is -3.42. The molecule has 0 amide bonds. The summed E-state index contributed by atoms with van der Waals surface area (Å²) in [5.41, 5.74) is 7.05. The third kappa shape index (κ3) is 2.80. The maximum absolute atomic E-state index is 12.9. The number of nitrogens with two attached hydrogens (primary N) is 1. The number of hydrogen-bond acceptors (Lipinski definition) is 4. The maximum atomic E-state index is 12.9. The summed E-state index contributed by atoms with van der Waals surface area (Å²) in [5.74, 6) is 0. The van der Waals surface area contributed by atoms with E-state index in [1.165, 1.54) is 6.42 Å². The van der Waals surface area contributed by atoms with E-state index in [9.17, 15) is 8.42 Å². The van der Waals surface area contributed by atoms with E-state index in [1.807, 2.05) is 6.92 Å². The summed E-state index contributed by atoms with van der Waals surface area (Å²) in [4.78, 5) is 2.83. The molecule has 0 bridgehead atoms. The first-order valence-corrected chi connectivity index (χ1v) is 9.03. The second-order valence-electron chi connectivity index (χ2n) is 6.07. The Morgan fingerprint density at radius 1 is 1.19 bits per heavy atom. The lowest BCUT2D eigenvalue weighted by molar-refractivity contribution is 0.257. The molecule has 2 aliphatic heterocycles. The molecule has 116 valence electrons. The summed E-state index contributed by atoms with van der Waals surface area (Å²) in [6.07, 6.45) is 3.19. The normalized spacial score (nSPS) is 24.7. The van der Waals surface area contributed by atoms with Crippen molar-refractivity contribution in [3.63, 3.8) is 0 Å². The van der Waals surface area contributed by atoms with Crippen LogP contribution in [0.3, 0.4) is 0 Å². The van der Waals surface area contributed by atoms with Crippen molar-refractivity contribution < 1.29 is 8.42 Å². The lowest BCUT2D eigenvalue weighted by Gasteiger charge is -2.25. The molecule has 21 heavy (non-hydrogen) atoms. The van der Waals surface area contributed by atoms with Crippen LogP contribution in [-0.2, 0) is 10.0 Å². The van der Waals surface area contributed by atoms with Gasteiger partial charge in [-0.15, -0.1) is 0 Å². The molecule has 0 saturated carbocycles. The second-order valence-corrected chi connectivity index (χ2v) is 7.98. The Morgan fingerprint density at radius 2 is 1.95 bits per heavy atom. The van der Waals surface area contributed by atoms with Crippen LogP contribution in [0.25, 0.3) is 0 Å². The molecule has 0 aliphatic carbocycles. The number of rotatable bonds is 2. The molecule has 1 aromatic rings. The SMILES string of the molecule is Cc1cc(N)ccc1S(=O)(=O)N1CCCN2CCCC2C1. The maximum Gasteiger partial charge on any atom is 0.243 e. The van der Waals surface area contributed by atoms with Gasteiger partial charge in [0.15, 0.2) is 0 Å². The van der Waals surface area contributed by atoms with Gasteiger partial charge in [-0.05, 0) is 63.0 Å². The standard InChI is InChI=1S/C15H23N3O2S/c1-12-10-13(16)5-6-15(12)21(19,20)18-9-3-8-17-7-2-4-14(17)11-18/h5-6,10,14H,2-4,7-9,11,16H2,1H3. The molecule has 3 rings (SSSR count). The quantitative estimate of drug-likeness (QED) is 0.840. The lowest BCUT2D eigenvalue weighted by Crippen LogP contribution is -2.39. The van der Waals surface area contributed by atoms with Gasteiger partial charge in [-0.25, -0.2) is 8.42 Å². The molecule has 1 atom stereocenters. The van der Waals surface area contributed by atoms with Gasteiger partial charge in [0.25, 0.3) is 0 Å². The lowest BCUT2D eigenvalue weighted by atomic mass is 10.2. The number of hydrogen-bond donors (Lipinski definition) is 1. The molecule has 2 heterocycles. The predicted molar refractivity (Wildman–Crippen MR) is 83.6 cm³/mol. The van der Waals surface area contributed by atoms with Gasteiger partial charge >= 0.3 is 0 Å². The van der Waals surface area contributed by atoms with Gasteiger partial charge in [0.05, 0.1) is 4.90 Å². The third-order valence-electron chi connectivity index (χ3n) is 4.58. The van der Waals surface area contributed by atoms with Crippen LogP contribution < -0.4 is 5.73 Å². The molecule has 5 nitrogen and oxygen atoms in total. The van der Waals surface area contributed by atoms with Crippen LogP contribution in [0.2, 0.25) is 0 Å². The molecular weight excluding hydrogens is 286 g/mol. The Labute approximate surface area is 126 Å². The number of sulfonamides is 1. The van der Waals surface area contributed by atoms with E-state index in [1.54, 1.807) is 22.5 Å². The first kappa shape index (κ1) is 14.8. The number of aryl methyl sites for hydroxylation is 1. The van der Waals surface area contributed by atoms with Crippen molar-refractivity contribution in [1.82, 2.24) is 9.21 Å². The molecule has 2 N–H and O–H groups in total. The van der Waals surface area contributed by atoms with Crippen LogP contribution >= 0.6 is 0 Å². The van der Waals surface area contributed by atoms with Gasteiger partial charge in [-0.1, -0.05) is 0 Å². The van der Waals surface area contributed by atoms with E-state index in [-0.39, 0.29) is 0 Å². The van der Waals surface area contributed by atoms with E-state index >= 15 is 0 Å². The first-order valence-electron chi connectivity index (χ1n) is 7.59. The van der Waals surface area contributed by atoms with Crippen molar-refractivity contribution in [3.8, 4) is 0 Å². The van der Waals surface area contributed by atoms with Crippen LogP contribution in [0.15, 0.2) is 23.1 Å². The fourth-order valence-corrected chi connectivity index (χ4v) is 5.21. The highest BCUT2D eigenvalue weighted by Crippen LogP contribution is 2.27. The summed E-state index contributed by atoms with van der Waals surface area (Å²) in [5, 5.41) is 0. The molecule has 1 aromatic carbocycles. The van der Waals surface area contributed by atoms with Gasteiger partial charge in [0.1, 0.15) is 0 Å². The Hall–Kier alpha value is -1.11. The molecular formula is C15H23N3O2S. The molecule has 0 radical (unpaired) electrons. The highest BCUT2D eigenvalue weighted by atomic mass is 32.2. The average Bonchev–Trinajstić information content (AvgIpc) is 2.75. The summed E-state index contributed by atoms with van der Waals surface area (Å²) < 4.78 is 27.5. The summed E-state index contributed by atoms with van der Waals surface area (Å²) >= 11 is 0. The molecule has 0 spiro atoms. The molecule has 2 saturated heterocycles. The third-order valence-corrected chi connectivity index (χ3v) is 6.61. The molecule has 1 unspecified atom stereocenters. The van der Waals surface area contributed by atoms with Crippen LogP contribution in [0.1, 0.15) is 24.8 Å². The largest absolute Gasteiger partial charge is 0.399 e. The van der Waals surface area contributed by atoms with E-state index in [0.717, 1.165) is 31.5 Å². The zero-order valence-corrected chi connectivity index (χ0v) is 13.3. The van der Waals surface area contributed by atoms with E-state index in [0.29, 0.717) is 29.7 Å². The predicted octanol–water partition coefficient (Wildman–Crippen LogP) is 1.44. The monoisotopic (exact) mass is 309 g/mol. The molecule has 6 heteroatoms. The number of nitrogen functional groups attached to an aromatic ring is 1. The van der Waals surface area contributed by atoms with Crippen molar-refractivity contribution in [1.29, 1.82) is 0 Å². The van der Waals surface area contributed by atoms with E-state index in [4.69, 9.17) is 5.73 Å². The summed E-state index contributed by atoms with van der Waals surface area (Å²) in [6.45, 7) is 5.16. The second kappa shape index (κ2) is 5.59. The van der Waals surface area contributed by atoms with Gasteiger partial charge in [0, 0.05) is 24.8 Å². The fraction of sp³-hybridized carbons (Fsp3) is 0.600. The van der Waals surface area contributed by atoms with Crippen molar-refractivity contribution in [2.24, 2.45) is 0 Å². The van der Waals surface area contributed by atoms with E-state index in [2.05, 4.69) is 4.90 Å². The van der Waals surface area contributed by atoms with Gasteiger partial charge in [-0.2, -0.15) is 4.31 Å². The Bertz CT molecular complexity index is 630. The zero-order chi connectivity index (χ0) is 15.0. The van der Waals surface area contributed by atoms with Crippen LogP contribution in [-0.4, -0.2) is 49.8 Å². The molecule has 0 aromatic heterocycles. The number of benzene rings is 1. The summed E-state index contributed by atoms with van der Waals surface area (Å²) in [7, 11) is -3.42. The minimum Gasteiger partial charge on any atom is -0.399 e. The Kier molecular flexibility index (Phi) is 3.94.